The molecule has 2 aliphatic heterocycles. The average molecular weight is 1020 g/mol. The van der Waals surface area contributed by atoms with Crippen LogP contribution in [0.25, 0.3) is 6.08 Å². The topological polar surface area (TPSA) is 201 Å². The zero-order chi connectivity index (χ0) is 52.3. The average Bonchev–Trinajstić information content (AvgIpc) is 3.88. The van der Waals surface area contributed by atoms with Crippen molar-refractivity contribution >= 4 is 29.5 Å². The Labute approximate surface area is 435 Å². The number of hydrogen-bond acceptors (Lipinski definition) is 13. The zero-order valence-electron chi connectivity index (χ0n) is 43.3. The molecule has 1 fully saturated rings. The van der Waals surface area contributed by atoms with E-state index in [0.717, 1.165) is 61.6 Å². The second-order valence-corrected chi connectivity index (χ2v) is 19.8. The minimum atomic E-state index is -1.57. The van der Waals surface area contributed by atoms with Gasteiger partial charge in [0.05, 0.1) is 23.2 Å². The predicted octanol–water partition coefficient (Wildman–Crippen LogP) is 11.3. The van der Waals surface area contributed by atoms with Crippen molar-refractivity contribution < 1.29 is 53.2 Å². The molecule has 2 heterocycles. The van der Waals surface area contributed by atoms with Crippen molar-refractivity contribution in [1.82, 2.24) is 10.2 Å². The first-order valence-electron chi connectivity index (χ1n) is 26.8. The van der Waals surface area contributed by atoms with Crippen LogP contribution in [0.2, 0.25) is 0 Å². The highest BCUT2D eigenvalue weighted by atomic mass is 16.7. The number of nitrogens with zero attached hydrogens (tertiary/aromatic N) is 3. The molecular weight excluding hydrogens is 945 g/mol. The number of fused-ring (bicyclic) bond motifs is 3. The minimum Gasteiger partial charge on any atom is -0.459 e. The molecule has 3 aromatic rings. The molecule has 3 N–H and O–H groups in total. The van der Waals surface area contributed by atoms with Crippen molar-refractivity contribution in [2.24, 2.45) is 22.9 Å². The van der Waals surface area contributed by atoms with Crippen LogP contribution in [0, 0.1) is 27.9 Å². The quantitative estimate of drug-likeness (QED) is 0.0188. The van der Waals surface area contributed by atoms with Gasteiger partial charge in [-0.1, -0.05) is 101 Å². The van der Waals surface area contributed by atoms with Crippen LogP contribution >= 0.6 is 0 Å². The van der Waals surface area contributed by atoms with Crippen LogP contribution in [0.15, 0.2) is 96.2 Å². The number of nitro groups is 1. The van der Waals surface area contributed by atoms with Gasteiger partial charge in [-0.25, -0.2) is 4.79 Å². The van der Waals surface area contributed by atoms with Crippen molar-refractivity contribution in [1.29, 1.82) is 0 Å². The highest BCUT2D eigenvalue weighted by molar-refractivity contribution is 6.03. The van der Waals surface area contributed by atoms with E-state index in [2.05, 4.69) is 24.9 Å². The van der Waals surface area contributed by atoms with Gasteiger partial charge in [-0.2, -0.15) is 0 Å². The molecule has 0 spiro atoms. The van der Waals surface area contributed by atoms with Crippen LogP contribution in [-0.4, -0.2) is 89.8 Å². The van der Waals surface area contributed by atoms with Gasteiger partial charge in [0.15, 0.2) is 11.5 Å². The lowest BCUT2D eigenvalue weighted by atomic mass is 9.55. The van der Waals surface area contributed by atoms with Crippen LogP contribution in [0.3, 0.4) is 0 Å². The van der Waals surface area contributed by atoms with Crippen molar-refractivity contribution in [2.45, 2.75) is 140 Å². The molecule has 0 unspecified atom stereocenters. The molecule has 0 saturated heterocycles. The molecule has 16 nitrogen and oxygen atoms in total. The van der Waals surface area contributed by atoms with E-state index < -0.39 is 34.7 Å². The number of ether oxygens (including phenoxy) is 5. The summed E-state index contributed by atoms with van der Waals surface area (Å²) in [6, 6.07) is 16.1. The number of hydrogen-bond donors (Lipinski definition) is 3. The molecule has 2 amide bonds. The normalized spacial score (nSPS) is 21.8. The summed E-state index contributed by atoms with van der Waals surface area (Å²) in [4.78, 5) is 47.0. The number of benzene rings is 3. The number of aliphatic hydroxyl groups is 2. The molecule has 2 aliphatic carbocycles. The van der Waals surface area contributed by atoms with Crippen LogP contribution in [0.4, 0.5) is 10.5 Å². The Hall–Kier alpha value is -6.23. The van der Waals surface area contributed by atoms with E-state index in [1.807, 2.05) is 30.3 Å². The summed E-state index contributed by atoms with van der Waals surface area (Å²) < 4.78 is 32.0. The number of non-ortho nitro benzene ring substituents is 1. The van der Waals surface area contributed by atoms with E-state index in [1.54, 1.807) is 35.3 Å². The molecular formula is C58H76N4O12. The van der Waals surface area contributed by atoms with Crippen molar-refractivity contribution in [3.8, 4) is 23.0 Å². The van der Waals surface area contributed by atoms with E-state index >= 15 is 4.79 Å². The van der Waals surface area contributed by atoms with Gasteiger partial charge in [-0.3, -0.25) is 14.9 Å². The molecule has 1 saturated carbocycles. The smallest absolute Gasteiger partial charge is 0.412 e. The maximum Gasteiger partial charge on any atom is 0.412 e. The largest absolute Gasteiger partial charge is 0.459 e. The minimum absolute atomic E-state index is 0.0110. The van der Waals surface area contributed by atoms with Gasteiger partial charge in [-0.15, -0.1) is 6.58 Å². The number of aliphatic hydroxyl groups excluding tert-OH is 2. The first-order valence-corrected chi connectivity index (χ1v) is 26.8. The first kappa shape index (κ1) is 55.5. The highest BCUT2D eigenvalue weighted by Gasteiger charge is 2.65. The van der Waals surface area contributed by atoms with E-state index in [-0.39, 0.29) is 63.0 Å². The molecule has 74 heavy (non-hydrogen) atoms. The molecule has 0 radical (unpaired) electrons. The third-order valence-electron chi connectivity index (χ3n) is 14.8. The lowest BCUT2D eigenvalue weighted by Gasteiger charge is -2.60. The maximum atomic E-state index is 15.2. The lowest BCUT2D eigenvalue weighted by molar-refractivity contribution is -0.384. The lowest BCUT2D eigenvalue weighted by Crippen LogP contribution is -2.70. The molecule has 6 atom stereocenters. The van der Waals surface area contributed by atoms with Crippen molar-refractivity contribution in [3.63, 3.8) is 0 Å². The number of carbonyl (C=O) groups is 2. The van der Waals surface area contributed by atoms with Gasteiger partial charge in [0.2, 0.25) is 18.5 Å². The Balaban J connectivity index is 1.28. The van der Waals surface area contributed by atoms with Gasteiger partial charge in [-0.05, 0) is 109 Å². The summed E-state index contributed by atoms with van der Waals surface area (Å²) in [5.41, 5.74) is 3.53. The maximum absolute atomic E-state index is 15.2. The summed E-state index contributed by atoms with van der Waals surface area (Å²) in [6.07, 6.45) is 22.7. The molecule has 0 bridgehead atoms. The number of amides is 2. The summed E-state index contributed by atoms with van der Waals surface area (Å²) in [5, 5.41) is 39.1. The fourth-order valence-corrected chi connectivity index (χ4v) is 11.3. The number of allylic oxidation sites excluding steroid dienone is 1. The standard InChI is InChI=1S/C58H76N4O12/c1-4-6-7-8-9-10-11-12-13-16-31-59-57(66)73-45-27-29-50-48(37-45)55-46(20-15-18-33-64)43(19-14-17-32-63)36-47-49(60-69-3)38-53(58(74-50,56(47)55)72-34-5-2)61(39-42-23-28-51-52(35-42)71-40-70-51)54(65)30-24-41-21-25-44(26-22-41)62(67)68/h5,21-30,35-37,43,46,53,55-56,63-64H,2,4,6-20,31-34,38-40H2,1,3H3,(H,59,66)/t43-,46+,53-,55+,56+,58+/m0/s1. The van der Waals surface area contributed by atoms with Gasteiger partial charge in [0, 0.05) is 62.4 Å². The second kappa shape index (κ2) is 27.9. The summed E-state index contributed by atoms with van der Waals surface area (Å²) in [5.74, 6) is -1.02. The first-order chi connectivity index (χ1) is 36.1. The zero-order valence-corrected chi connectivity index (χ0v) is 43.3. The van der Waals surface area contributed by atoms with Crippen LogP contribution < -0.4 is 24.3 Å². The number of rotatable bonds is 30. The van der Waals surface area contributed by atoms with E-state index in [4.69, 9.17) is 33.7 Å². The number of nitrogens with one attached hydrogen (secondary N) is 1. The van der Waals surface area contributed by atoms with Crippen molar-refractivity contribution in [3.05, 3.63) is 118 Å². The van der Waals surface area contributed by atoms with Gasteiger partial charge >= 0.3 is 6.09 Å². The van der Waals surface area contributed by atoms with Crippen molar-refractivity contribution in [2.75, 3.05) is 40.3 Å². The summed E-state index contributed by atoms with van der Waals surface area (Å²) in [7, 11) is 1.50. The number of carbonyl (C=O) groups excluding carboxylic acids is 2. The van der Waals surface area contributed by atoms with E-state index in [0.29, 0.717) is 53.7 Å². The molecule has 0 aromatic heterocycles. The Kier molecular flexibility index (Phi) is 20.9. The fourth-order valence-electron chi connectivity index (χ4n) is 11.3. The Bertz CT molecular complexity index is 2440. The van der Waals surface area contributed by atoms with Crippen LogP contribution in [0.5, 0.6) is 23.0 Å². The monoisotopic (exact) mass is 1020 g/mol. The summed E-state index contributed by atoms with van der Waals surface area (Å²) in [6.45, 7) is 7.07. The fraction of sp³-hybridized carbons (Fsp3) is 0.534. The van der Waals surface area contributed by atoms with Crippen LogP contribution in [0.1, 0.15) is 139 Å². The number of nitro benzene ring substituents is 1. The molecule has 400 valence electrons. The Morgan fingerprint density at radius 3 is 2.30 bits per heavy atom. The Morgan fingerprint density at radius 1 is 0.892 bits per heavy atom. The predicted molar refractivity (Wildman–Crippen MR) is 283 cm³/mol. The van der Waals surface area contributed by atoms with E-state index in [1.165, 1.54) is 70.3 Å². The highest BCUT2D eigenvalue weighted by Crippen LogP contribution is 2.62. The molecule has 3 aromatic carbocycles. The molecule has 4 aliphatic rings. The third kappa shape index (κ3) is 13.9. The number of unbranched alkanes of at least 4 members (excludes halogenated alkanes) is 11. The van der Waals surface area contributed by atoms with E-state index in [9.17, 15) is 25.1 Å². The second-order valence-electron chi connectivity index (χ2n) is 19.8. The van der Waals surface area contributed by atoms with Crippen LogP contribution in [-0.2, 0) is 20.9 Å². The SMILES string of the molecule is C=CCO[C@@]12Oc3ccc(OC(=O)NCCCCCCCCCCCC)cc3[C@H]3[C@H](CCCCO)[C@@H](CCCCO)C=C(C(=NOC)C[C@@H]1N(Cc1ccc4c(c1)OCO4)C(=O)C=Cc1ccc([N+](=O)[O-])cc1)[C@H]32. The molecule has 16 heteroatoms. The molecule has 7 rings (SSSR count). The van der Waals surface area contributed by atoms with Gasteiger partial charge in [0.25, 0.3) is 5.69 Å². The summed E-state index contributed by atoms with van der Waals surface area (Å²) >= 11 is 0. The third-order valence-corrected chi connectivity index (χ3v) is 14.8. The van der Waals surface area contributed by atoms with Gasteiger partial charge in [0.1, 0.15) is 24.7 Å². The number of oxime groups is 1. The van der Waals surface area contributed by atoms with Gasteiger partial charge < -0.3 is 49.0 Å². The Morgan fingerprint density at radius 2 is 1.59 bits per heavy atom.